The summed E-state index contributed by atoms with van der Waals surface area (Å²) in [5.41, 5.74) is 2.43. The molecule has 1 atom stereocenters. The minimum absolute atomic E-state index is 0.124. The first-order valence-electron chi connectivity index (χ1n) is 6.85. The largest absolute Gasteiger partial charge is 0.483 e. The molecule has 3 rings (SSSR count). The van der Waals surface area contributed by atoms with Gasteiger partial charge in [0.1, 0.15) is 11.4 Å². The number of benzene rings is 2. The highest BCUT2D eigenvalue weighted by Crippen LogP contribution is 2.48. The number of hydrogen-bond donors (Lipinski definition) is 0. The van der Waals surface area contributed by atoms with E-state index in [2.05, 4.69) is 69.3 Å². The Morgan fingerprint density at radius 3 is 2.21 bits per heavy atom. The fourth-order valence-electron chi connectivity index (χ4n) is 3.28. The van der Waals surface area contributed by atoms with Crippen LogP contribution in [0.1, 0.15) is 38.3 Å². The van der Waals surface area contributed by atoms with Crippen LogP contribution < -0.4 is 4.74 Å². The second kappa shape index (κ2) is 4.12. The summed E-state index contributed by atoms with van der Waals surface area (Å²) in [5.74, 6) is 1.02. The molecule has 0 aromatic heterocycles. The monoisotopic (exact) mass is 252 g/mol. The van der Waals surface area contributed by atoms with Gasteiger partial charge in [0.2, 0.25) is 0 Å². The van der Waals surface area contributed by atoms with E-state index in [0.717, 1.165) is 12.2 Å². The average Bonchev–Trinajstić information content (AvgIpc) is 2.39. The van der Waals surface area contributed by atoms with Crippen LogP contribution in [0.3, 0.4) is 0 Å². The summed E-state index contributed by atoms with van der Waals surface area (Å²) in [4.78, 5) is 0. The smallest absolute Gasteiger partial charge is 0.132 e. The molecule has 2 aromatic rings. The van der Waals surface area contributed by atoms with E-state index in [1.165, 1.54) is 11.1 Å². The fraction of sp³-hybridized carbons (Fsp3) is 0.333. The van der Waals surface area contributed by atoms with E-state index in [1.807, 2.05) is 6.07 Å². The quantitative estimate of drug-likeness (QED) is 0.717. The molecule has 0 saturated carbocycles. The van der Waals surface area contributed by atoms with Crippen molar-refractivity contribution in [1.82, 2.24) is 0 Å². The third-order valence-corrected chi connectivity index (χ3v) is 4.12. The molecule has 19 heavy (non-hydrogen) atoms. The molecule has 0 spiro atoms. The first-order chi connectivity index (χ1) is 9.01. The summed E-state index contributed by atoms with van der Waals surface area (Å²) >= 11 is 0. The van der Waals surface area contributed by atoms with Crippen LogP contribution in [-0.2, 0) is 11.0 Å². The van der Waals surface area contributed by atoms with Gasteiger partial charge in [-0.2, -0.15) is 0 Å². The molecule has 0 bridgehead atoms. The number of rotatable bonds is 1. The van der Waals surface area contributed by atoms with Crippen LogP contribution in [-0.4, -0.2) is 0 Å². The molecular formula is C18H20O. The van der Waals surface area contributed by atoms with E-state index in [0.29, 0.717) is 0 Å². The normalized spacial score (nSPS) is 24.4. The number of hydrogen-bond acceptors (Lipinski definition) is 1. The van der Waals surface area contributed by atoms with Crippen LogP contribution in [0.25, 0.3) is 0 Å². The summed E-state index contributed by atoms with van der Waals surface area (Å²) in [7, 11) is 0. The zero-order valence-electron chi connectivity index (χ0n) is 11.8. The SMILES string of the molecule is CC1(C)CC(C)(c2ccccc2)Oc2ccccc21. The fourth-order valence-corrected chi connectivity index (χ4v) is 3.28. The van der Waals surface area contributed by atoms with Crippen molar-refractivity contribution in [3.63, 3.8) is 0 Å². The maximum Gasteiger partial charge on any atom is 0.132 e. The lowest BCUT2D eigenvalue weighted by Crippen LogP contribution is -2.41. The Labute approximate surface area is 115 Å². The van der Waals surface area contributed by atoms with Gasteiger partial charge in [-0.25, -0.2) is 0 Å². The Hall–Kier alpha value is -1.76. The first kappa shape index (κ1) is 12.3. The molecule has 1 heterocycles. The molecule has 1 nitrogen and oxygen atoms in total. The van der Waals surface area contributed by atoms with Crippen LogP contribution in [0.5, 0.6) is 5.75 Å². The van der Waals surface area contributed by atoms with E-state index in [1.54, 1.807) is 0 Å². The highest BCUT2D eigenvalue weighted by atomic mass is 16.5. The number of para-hydroxylation sites is 1. The molecule has 0 amide bonds. The highest BCUT2D eigenvalue weighted by Gasteiger charge is 2.42. The third-order valence-electron chi connectivity index (χ3n) is 4.12. The van der Waals surface area contributed by atoms with E-state index in [4.69, 9.17) is 4.74 Å². The lowest BCUT2D eigenvalue weighted by Gasteiger charge is -2.44. The van der Waals surface area contributed by atoms with Crippen molar-refractivity contribution in [3.05, 3.63) is 65.7 Å². The molecule has 98 valence electrons. The maximum atomic E-state index is 6.34. The molecular weight excluding hydrogens is 232 g/mol. The molecule has 1 unspecified atom stereocenters. The molecule has 0 fully saturated rings. The number of fused-ring (bicyclic) bond motifs is 1. The predicted octanol–water partition coefficient (Wildman–Crippen LogP) is 4.66. The van der Waals surface area contributed by atoms with Crippen molar-refractivity contribution in [2.24, 2.45) is 0 Å². The average molecular weight is 252 g/mol. The lowest BCUT2D eigenvalue weighted by molar-refractivity contribution is 0.0325. The van der Waals surface area contributed by atoms with Gasteiger partial charge in [0.05, 0.1) is 0 Å². The Balaban J connectivity index is 2.10. The Bertz CT molecular complexity index is 586. The second-order valence-electron chi connectivity index (χ2n) is 6.26. The maximum absolute atomic E-state index is 6.34. The second-order valence-corrected chi connectivity index (χ2v) is 6.26. The third kappa shape index (κ3) is 2.03. The van der Waals surface area contributed by atoms with Crippen LogP contribution in [0, 0.1) is 0 Å². The molecule has 1 heteroatoms. The van der Waals surface area contributed by atoms with Crippen LogP contribution in [0.2, 0.25) is 0 Å². The van der Waals surface area contributed by atoms with Crippen molar-refractivity contribution < 1.29 is 4.74 Å². The molecule has 0 radical (unpaired) electrons. The van der Waals surface area contributed by atoms with Crippen molar-refractivity contribution in [1.29, 1.82) is 0 Å². The van der Waals surface area contributed by atoms with Crippen molar-refractivity contribution in [2.75, 3.05) is 0 Å². The zero-order valence-corrected chi connectivity index (χ0v) is 11.8. The Morgan fingerprint density at radius 1 is 0.842 bits per heavy atom. The summed E-state index contributed by atoms with van der Waals surface area (Å²) in [6, 6.07) is 18.9. The van der Waals surface area contributed by atoms with Gasteiger partial charge >= 0.3 is 0 Å². The minimum Gasteiger partial charge on any atom is -0.483 e. The van der Waals surface area contributed by atoms with Crippen LogP contribution in [0.15, 0.2) is 54.6 Å². The van der Waals surface area contributed by atoms with Crippen LogP contribution >= 0.6 is 0 Å². The molecule has 0 aliphatic carbocycles. The van der Waals surface area contributed by atoms with E-state index >= 15 is 0 Å². The van der Waals surface area contributed by atoms with E-state index in [9.17, 15) is 0 Å². The van der Waals surface area contributed by atoms with Gasteiger partial charge < -0.3 is 4.74 Å². The van der Waals surface area contributed by atoms with Gasteiger partial charge in [-0.05, 0) is 29.5 Å². The summed E-state index contributed by atoms with van der Waals surface area (Å²) in [5, 5.41) is 0. The predicted molar refractivity (Wildman–Crippen MR) is 78.5 cm³/mol. The van der Waals surface area contributed by atoms with Gasteiger partial charge in [-0.3, -0.25) is 0 Å². The molecule has 2 aromatic carbocycles. The van der Waals surface area contributed by atoms with Crippen LogP contribution in [0.4, 0.5) is 0 Å². The summed E-state index contributed by atoms with van der Waals surface area (Å²) in [6.45, 7) is 6.80. The molecule has 1 aliphatic rings. The first-order valence-corrected chi connectivity index (χ1v) is 6.85. The highest BCUT2D eigenvalue weighted by molar-refractivity contribution is 5.43. The summed E-state index contributed by atoms with van der Waals surface area (Å²) in [6.07, 6.45) is 0.987. The number of ether oxygens (including phenoxy) is 1. The Morgan fingerprint density at radius 2 is 1.47 bits per heavy atom. The topological polar surface area (TPSA) is 9.23 Å². The van der Waals surface area contributed by atoms with E-state index in [-0.39, 0.29) is 11.0 Å². The van der Waals surface area contributed by atoms with Gasteiger partial charge in [0.25, 0.3) is 0 Å². The lowest BCUT2D eigenvalue weighted by atomic mass is 9.71. The molecule has 0 saturated heterocycles. The van der Waals surface area contributed by atoms with Crippen molar-refractivity contribution in [2.45, 2.75) is 38.2 Å². The zero-order chi connectivity index (χ0) is 13.5. The van der Waals surface area contributed by atoms with Gasteiger partial charge in [-0.15, -0.1) is 0 Å². The van der Waals surface area contributed by atoms with E-state index < -0.39 is 0 Å². The minimum atomic E-state index is -0.251. The van der Waals surface area contributed by atoms with Gasteiger partial charge in [0.15, 0.2) is 0 Å². The van der Waals surface area contributed by atoms with Gasteiger partial charge in [0, 0.05) is 6.42 Å². The molecule has 0 N–H and O–H groups in total. The van der Waals surface area contributed by atoms with Crippen molar-refractivity contribution in [3.8, 4) is 5.75 Å². The summed E-state index contributed by atoms with van der Waals surface area (Å²) < 4.78 is 6.34. The Kier molecular flexibility index (Phi) is 2.67. The van der Waals surface area contributed by atoms with Gasteiger partial charge in [-0.1, -0.05) is 62.4 Å². The van der Waals surface area contributed by atoms with Crippen molar-refractivity contribution >= 4 is 0 Å². The molecule has 1 aliphatic heterocycles. The standard InChI is InChI=1S/C18H20O/c1-17(2)13-18(3,14-9-5-4-6-10-14)19-16-12-8-7-11-15(16)17/h4-12H,13H2,1-3H3.